The zero-order valence-electron chi connectivity index (χ0n) is 12.1. The van der Waals surface area contributed by atoms with E-state index in [1.54, 1.807) is 12.2 Å². The molecule has 0 N–H and O–H groups in total. The van der Waals surface area contributed by atoms with Gasteiger partial charge in [0.1, 0.15) is 5.84 Å². The summed E-state index contributed by atoms with van der Waals surface area (Å²) >= 11 is 0. The Hall–Kier alpha value is -2.48. The molecule has 1 aromatic carbocycles. The molecule has 0 radical (unpaired) electrons. The maximum Gasteiger partial charge on any atom is 0.126 e. The molecule has 0 aliphatic carbocycles. The van der Waals surface area contributed by atoms with Gasteiger partial charge in [0.2, 0.25) is 0 Å². The minimum absolute atomic E-state index is 0.627. The Balaban J connectivity index is 2.95. The first-order valence-corrected chi connectivity index (χ1v) is 6.39. The molecule has 0 atom stereocenters. The maximum absolute atomic E-state index is 4.48. The number of hydrogen-bond donors (Lipinski definition) is 0. The standard InChI is InChI=1S/C18H20N2/c1-6-11-17(7-2)14(3)19-16(5)20-15(4)18-12-9-8-10-13-18/h6-13H,1-3H2,4-5H3/b17-11+,19-16?,20-15?. The molecule has 0 aromatic heterocycles. The van der Waals surface area contributed by atoms with E-state index in [0.29, 0.717) is 11.5 Å². The summed E-state index contributed by atoms with van der Waals surface area (Å²) < 4.78 is 0. The molecule has 0 unspecified atom stereocenters. The summed E-state index contributed by atoms with van der Waals surface area (Å²) in [6, 6.07) is 10.0. The van der Waals surface area contributed by atoms with E-state index in [1.165, 1.54) is 0 Å². The molecular weight excluding hydrogens is 244 g/mol. The molecule has 0 bridgehead atoms. The van der Waals surface area contributed by atoms with Gasteiger partial charge in [-0.1, -0.05) is 68.3 Å². The SMILES string of the molecule is C=C/C=C(\C=C)C(=C)N=C(C)N=C(C)c1ccccc1. The minimum atomic E-state index is 0.627. The van der Waals surface area contributed by atoms with Crippen molar-refractivity contribution in [3.8, 4) is 0 Å². The zero-order valence-corrected chi connectivity index (χ0v) is 12.1. The lowest BCUT2D eigenvalue weighted by molar-refractivity contribution is 1.32. The topological polar surface area (TPSA) is 24.7 Å². The Kier molecular flexibility index (Phi) is 6.11. The van der Waals surface area contributed by atoms with Crippen molar-refractivity contribution in [3.05, 3.63) is 85.1 Å². The average molecular weight is 264 g/mol. The van der Waals surface area contributed by atoms with Gasteiger partial charge in [-0.3, -0.25) is 0 Å². The summed E-state index contributed by atoms with van der Waals surface area (Å²) in [5, 5.41) is 0. The van der Waals surface area contributed by atoms with Crippen LogP contribution in [0.15, 0.2) is 89.6 Å². The summed E-state index contributed by atoms with van der Waals surface area (Å²) in [6.45, 7) is 15.1. The van der Waals surface area contributed by atoms with E-state index in [2.05, 4.69) is 29.7 Å². The molecule has 0 heterocycles. The van der Waals surface area contributed by atoms with Crippen molar-refractivity contribution >= 4 is 11.5 Å². The quantitative estimate of drug-likeness (QED) is 0.417. The number of rotatable bonds is 5. The maximum atomic E-state index is 4.48. The van der Waals surface area contributed by atoms with Crippen molar-refractivity contribution < 1.29 is 0 Å². The number of benzene rings is 1. The van der Waals surface area contributed by atoms with Gasteiger partial charge in [0.05, 0.1) is 5.70 Å². The number of amidine groups is 1. The molecule has 0 saturated carbocycles. The van der Waals surface area contributed by atoms with Gasteiger partial charge in [-0.15, -0.1) is 0 Å². The smallest absolute Gasteiger partial charge is 0.126 e. The summed E-state index contributed by atoms with van der Waals surface area (Å²) in [4.78, 5) is 8.86. The highest BCUT2D eigenvalue weighted by Gasteiger charge is 1.99. The van der Waals surface area contributed by atoms with E-state index in [9.17, 15) is 0 Å². The lowest BCUT2D eigenvalue weighted by atomic mass is 10.1. The van der Waals surface area contributed by atoms with E-state index in [0.717, 1.165) is 16.8 Å². The molecule has 0 aliphatic heterocycles. The number of aliphatic imine (C=N–C) groups is 2. The predicted octanol–water partition coefficient (Wildman–Crippen LogP) is 4.73. The molecule has 0 spiro atoms. The van der Waals surface area contributed by atoms with Gasteiger partial charge in [0.15, 0.2) is 0 Å². The zero-order chi connectivity index (χ0) is 15.0. The molecule has 0 saturated heterocycles. The Labute approximate surface area is 121 Å². The largest absolute Gasteiger partial charge is 0.238 e. The predicted molar refractivity (Wildman–Crippen MR) is 89.4 cm³/mol. The van der Waals surface area contributed by atoms with Crippen LogP contribution in [0.5, 0.6) is 0 Å². The minimum Gasteiger partial charge on any atom is -0.238 e. The third-order valence-corrected chi connectivity index (χ3v) is 2.67. The van der Waals surface area contributed by atoms with Gasteiger partial charge in [-0.05, 0) is 25.0 Å². The summed E-state index contributed by atoms with van der Waals surface area (Å²) in [5.41, 5.74) is 3.47. The van der Waals surface area contributed by atoms with Crippen LogP contribution in [0.4, 0.5) is 0 Å². The van der Waals surface area contributed by atoms with E-state index in [1.807, 2.05) is 50.3 Å². The van der Waals surface area contributed by atoms with E-state index < -0.39 is 0 Å². The molecule has 20 heavy (non-hydrogen) atoms. The van der Waals surface area contributed by atoms with Gasteiger partial charge in [0, 0.05) is 5.71 Å². The average Bonchev–Trinajstić information content (AvgIpc) is 2.45. The van der Waals surface area contributed by atoms with Crippen LogP contribution in [0, 0.1) is 0 Å². The van der Waals surface area contributed by atoms with Crippen molar-refractivity contribution in [2.24, 2.45) is 9.98 Å². The molecular formula is C18H20N2. The second-order valence-electron chi connectivity index (χ2n) is 4.23. The Morgan fingerprint density at radius 1 is 1.05 bits per heavy atom. The molecule has 0 aliphatic rings. The molecule has 2 nitrogen and oxygen atoms in total. The van der Waals surface area contributed by atoms with Gasteiger partial charge < -0.3 is 0 Å². The highest BCUT2D eigenvalue weighted by atomic mass is 14.9. The van der Waals surface area contributed by atoms with Crippen LogP contribution >= 0.6 is 0 Å². The Morgan fingerprint density at radius 2 is 1.70 bits per heavy atom. The van der Waals surface area contributed by atoms with Gasteiger partial charge in [-0.25, -0.2) is 9.98 Å². The second kappa shape index (κ2) is 7.85. The highest BCUT2D eigenvalue weighted by molar-refractivity contribution is 6.05. The molecule has 0 amide bonds. The van der Waals surface area contributed by atoms with Crippen LogP contribution in [0.1, 0.15) is 19.4 Å². The van der Waals surface area contributed by atoms with Crippen LogP contribution < -0.4 is 0 Å². The van der Waals surface area contributed by atoms with Crippen molar-refractivity contribution in [1.29, 1.82) is 0 Å². The van der Waals surface area contributed by atoms with Gasteiger partial charge in [0.25, 0.3) is 0 Å². The molecule has 102 valence electrons. The normalized spacial score (nSPS) is 13.0. The first kappa shape index (κ1) is 15.6. The third-order valence-electron chi connectivity index (χ3n) is 2.67. The van der Waals surface area contributed by atoms with Crippen LogP contribution in [0.2, 0.25) is 0 Å². The van der Waals surface area contributed by atoms with Gasteiger partial charge in [-0.2, -0.15) is 0 Å². The molecule has 1 aromatic rings. The van der Waals surface area contributed by atoms with Gasteiger partial charge >= 0.3 is 0 Å². The van der Waals surface area contributed by atoms with E-state index in [4.69, 9.17) is 0 Å². The highest BCUT2D eigenvalue weighted by Crippen LogP contribution is 2.11. The number of hydrogen-bond acceptors (Lipinski definition) is 1. The first-order chi connectivity index (χ1) is 9.58. The van der Waals surface area contributed by atoms with Crippen molar-refractivity contribution in [1.82, 2.24) is 0 Å². The summed E-state index contributed by atoms with van der Waals surface area (Å²) in [5.74, 6) is 0.660. The van der Waals surface area contributed by atoms with E-state index >= 15 is 0 Å². The molecule has 0 fully saturated rings. The Bertz CT molecular complexity index is 587. The monoisotopic (exact) mass is 264 g/mol. The summed E-state index contributed by atoms with van der Waals surface area (Å²) in [7, 11) is 0. The van der Waals surface area contributed by atoms with Crippen LogP contribution in [0.3, 0.4) is 0 Å². The van der Waals surface area contributed by atoms with Crippen LogP contribution in [0.25, 0.3) is 0 Å². The summed E-state index contributed by atoms with van der Waals surface area (Å²) in [6.07, 6.45) is 5.21. The van der Waals surface area contributed by atoms with Crippen molar-refractivity contribution in [2.75, 3.05) is 0 Å². The Morgan fingerprint density at radius 3 is 2.25 bits per heavy atom. The van der Waals surface area contributed by atoms with Crippen LogP contribution in [-0.2, 0) is 0 Å². The molecule has 1 rings (SSSR count). The lowest BCUT2D eigenvalue weighted by Gasteiger charge is -2.03. The second-order valence-corrected chi connectivity index (χ2v) is 4.23. The lowest BCUT2D eigenvalue weighted by Crippen LogP contribution is -1.99. The number of nitrogens with zero attached hydrogens (tertiary/aromatic N) is 2. The number of allylic oxidation sites excluding steroid dienone is 3. The first-order valence-electron chi connectivity index (χ1n) is 6.39. The van der Waals surface area contributed by atoms with Crippen molar-refractivity contribution in [2.45, 2.75) is 13.8 Å². The van der Waals surface area contributed by atoms with E-state index in [-0.39, 0.29) is 0 Å². The third kappa shape index (κ3) is 4.65. The molecule has 2 heteroatoms. The van der Waals surface area contributed by atoms with Crippen molar-refractivity contribution in [3.63, 3.8) is 0 Å². The fourth-order valence-corrected chi connectivity index (χ4v) is 1.68. The van der Waals surface area contributed by atoms with Crippen LogP contribution in [-0.4, -0.2) is 11.5 Å². The fraction of sp³-hybridized carbons (Fsp3) is 0.111. The fourth-order valence-electron chi connectivity index (χ4n) is 1.68.